The van der Waals surface area contributed by atoms with Crippen molar-refractivity contribution in [3.05, 3.63) is 35.7 Å². The number of alkyl halides is 3. The van der Waals surface area contributed by atoms with Crippen LogP contribution >= 0.6 is 0 Å². The van der Waals surface area contributed by atoms with E-state index in [1.54, 1.807) is 25.7 Å². The van der Waals surface area contributed by atoms with Crippen molar-refractivity contribution in [1.29, 1.82) is 0 Å². The molecule has 2 atom stereocenters. The Labute approximate surface area is 198 Å². The van der Waals surface area contributed by atoms with Crippen LogP contribution in [0.3, 0.4) is 0 Å². The van der Waals surface area contributed by atoms with E-state index in [-0.39, 0.29) is 17.9 Å². The Bertz CT molecular complexity index is 953. The second kappa shape index (κ2) is 9.58. The first-order chi connectivity index (χ1) is 15.7. The van der Waals surface area contributed by atoms with E-state index in [1.165, 1.54) is 6.20 Å². The summed E-state index contributed by atoms with van der Waals surface area (Å²) in [6.45, 7) is 10.2. The molecule has 2 aliphatic rings. The largest absolute Gasteiger partial charge is 0.444 e. The van der Waals surface area contributed by atoms with E-state index in [1.807, 2.05) is 19.9 Å². The zero-order valence-corrected chi connectivity index (χ0v) is 20.5. The quantitative estimate of drug-likeness (QED) is 0.622. The minimum absolute atomic E-state index is 0.0356. The highest BCUT2D eigenvalue weighted by Gasteiger charge is 2.49. The van der Waals surface area contributed by atoms with Gasteiger partial charge in [0.05, 0.1) is 11.0 Å². The van der Waals surface area contributed by atoms with Crippen molar-refractivity contribution in [1.82, 2.24) is 15.2 Å². The van der Waals surface area contributed by atoms with Gasteiger partial charge in [0.25, 0.3) is 0 Å². The molecule has 188 valence electrons. The number of rotatable bonds is 4. The highest BCUT2D eigenvalue weighted by atomic mass is 19.4. The number of ether oxygens (including phenoxy) is 1. The number of amides is 2. The Balaban J connectivity index is 1.69. The number of aromatic nitrogens is 1. The molecule has 2 amide bonds. The van der Waals surface area contributed by atoms with E-state index >= 15 is 0 Å². The molecule has 0 unspecified atom stereocenters. The summed E-state index contributed by atoms with van der Waals surface area (Å²) in [5.41, 5.74) is -0.776. The number of halogens is 3. The van der Waals surface area contributed by atoms with E-state index in [0.717, 1.165) is 17.8 Å². The Kier molecular flexibility index (Phi) is 7.34. The maximum atomic E-state index is 13.6. The van der Waals surface area contributed by atoms with Gasteiger partial charge >= 0.3 is 12.3 Å². The van der Waals surface area contributed by atoms with Crippen LogP contribution in [-0.2, 0) is 15.7 Å². The topological polar surface area (TPSA) is 71.5 Å². The van der Waals surface area contributed by atoms with Crippen molar-refractivity contribution in [2.75, 3.05) is 13.1 Å². The molecule has 3 rings (SSSR count). The molecule has 1 fully saturated rings. The lowest BCUT2D eigenvalue weighted by Gasteiger charge is -2.39. The van der Waals surface area contributed by atoms with Crippen LogP contribution in [0.2, 0.25) is 0 Å². The van der Waals surface area contributed by atoms with Gasteiger partial charge in [0.15, 0.2) is 0 Å². The highest BCUT2D eigenvalue weighted by molar-refractivity contribution is 5.85. The van der Waals surface area contributed by atoms with Crippen LogP contribution in [0.1, 0.15) is 71.4 Å². The van der Waals surface area contributed by atoms with Crippen LogP contribution in [0.5, 0.6) is 0 Å². The molecule has 0 aromatic carbocycles. The fourth-order valence-electron chi connectivity index (χ4n) is 4.84. The van der Waals surface area contributed by atoms with Crippen LogP contribution < -0.4 is 5.32 Å². The number of pyridine rings is 1. The zero-order valence-electron chi connectivity index (χ0n) is 20.5. The van der Waals surface area contributed by atoms with Crippen LogP contribution in [0.15, 0.2) is 24.5 Å². The molecule has 1 N–H and O–H groups in total. The van der Waals surface area contributed by atoms with E-state index in [0.29, 0.717) is 44.3 Å². The van der Waals surface area contributed by atoms with Crippen molar-refractivity contribution in [2.45, 2.75) is 78.1 Å². The van der Waals surface area contributed by atoms with E-state index in [2.05, 4.69) is 10.3 Å². The van der Waals surface area contributed by atoms with E-state index < -0.39 is 28.8 Å². The van der Waals surface area contributed by atoms with Gasteiger partial charge in [0.1, 0.15) is 5.60 Å². The standard InChI is InChI=1S/C25H34F3N3O3/c1-16(2)24(9-6-20(13-24)30-22(33)34-23(3,4)5)21(32)31-10-7-17(8-11-31)18-12-19(15-29-14-18)25(26,27)28/h7,12,14-16,20H,6,8-11,13H2,1-5H3,(H,30,33)/t20-,24+/m1/s1. The number of hydrogen-bond acceptors (Lipinski definition) is 4. The van der Waals surface area contributed by atoms with Gasteiger partial charge in [0, 0.05) is 31.5 Å². The predicted octanol–water partition coefficient (Wildman–Crippen LogP) is 5.44. The number of nitrogens with zero attached hydrogens (tertiary/aromatic N) is 2. The Morgan fingerprint density at radius 2 is 1.94 bits per heavy atom. The average Bonchev–Trinajstić information content (AvgIpc) is 3.16. The second-order valence-electron chi connectivity index (χ2n) is 10.6. The highest BCUT2D eigenvalue weighted by Crippen LogP contribution is 2.46. The molecule has 0 spiro atoms. The number of nitrogens with one attached hydrogen (secondary N) is 1. The minimum Gasteiger partial charge on any atom is -0.444 e. The third kappa shape index (κ3) is 5.91. The summed E-state index contributed by atoms with van der Waals surface area (Å²) >= 11 is 0. The molecule has 1 saturated carbocycles. The van der Waals surface area contributed by atoms with E-state index in [4.69, 9.17) is 4.74 Å². The van der Waals surface area contributed by atoms with Crippen molar-refractivity contribution in [3.8, 4) is 0 Å². The lowest BCUT2D eigenvalue weighted by atomic mass is 9.74. The minimum atomic E-state index is -4.45. The summed E-state index contributed by atoms with van der Waals surface area (Å²) in [4.78, 5) is 31.4. The fraction of sp³-hybridized carbons (Fsp3) is 0.640. The summed E-state index contributed by atoms with van der Waals surface area (Å²) in [6, 6.07) is 0.962. The fourth-order valence-corrected chi connectivity index (χ4v) is 4.84. The lowest BCUT2D eigenvalue weighted by Crippen LogP contribution is -2.48. The molecule has 1 aliphatic carbocycles. The van der Waals surface area contributed by atoms with Crippen LogP contribution in [0.4, 0.5) is 18.0 Å². The second-order valence-corrected chi connectivity index (χ2v) is 10.6. The monoisotopic (exact) mass is 481 g/mol. The number of hydrogen-bond donors (Lipinski definition) is 1. The van der Waals surface area contributed by atoms with Gasteiger partial charge in [-0.05, 0) is 69.6 Å². The van der Waals surface area contributed by atoms with Crippen LogP contribution in [0, 0.1) is 11.3 Å². The number of carbonyl (C=O) groups excluding carboxylic acids is 2. The molecule has 9 heteroatoms. The third-order valence-corrected chi connectivity index (χ3v) is 6.73. The summed E-state index contributed by atoms with van der Waals surface area (Å²) in [7, 11) is 0. The molecule has 6 nitrogen and oxygen atoms in total. The maximum absolute atomic E-state index is 13.6. The molecular formula is C25H34F3N3O3. The molecule has 1 aromatic heterocycles. The summed E-state index contributed by atoms with van der Waals surface area (Å²) < 4.78 is 44.5. The Hall–Kier alpha value is -2.58. The first-order valence-electron chi connectivity index (χ1n) is 11.7. The van der Waals surface area contributed by atoms with Gasteiger partial charge in [0.2, 0.25) is 5.91 Å². The molecule has 2 heterocycles. The van der Waals surface area contributed by atoms with E-state index in [9.17, 15) is 22.8 Å². The van der Waals surface area contributed by atoms with Crippen molar-refractivity contribution in [2.24, 2.45) is 11.3 Å². The smallest absolute Gasteiger partial charge is 0.417 e. The summed E-state index contributed by atoms with van der Waals surface area (Å²) in [5, 5.41) is 2.91. The molecule has 0 saturated heterocycles. The summed E-state index contributed by atoms with van der Waals surface area (Å²) in [5.74, 6) is 0.108. The van der Waals surface area contributed by atoms with Gasteiger partial charge in [-0.1, -0.05) is 19.9 Å². The van der Waals surface area contributed by atoms with Crippen LogP contribution in [0.25, 0.3) is 5.57 Å². The van der Waals surface area contributed by atoms with Gasteiger partial charge in [-0.3, -0.25) is 9.78 Å². The number of alkyl carbamates (subject to hydrolysis) is 1. The SMILES string of the molecule is CC(C)[C@]1(C(=O)N2CC=C(c3cncc(C(F)(F)F)c3)CC2)CC[C@@H](NC(=O)OC(C)(C)C)C1. The normalized spacial score (nSPS) is 23.6. The molecule has 0 bridgehead atoms. The average molecular weight is 482 g/mol. The zero-order chi connectivity index (χ0) is 25.3. The maximum Gasteiger partial charge on any atom is 0.417 e. The van der Waals surface area contributed by atoms with Crippen molar-refractivity contribution >= 4 is 17.6 Å². The van der Waals surface area contributed by atoms with Crippen molar-refractivity contribution < 1.29 is 27.5 Å². The summed E-state index contributed by atoms with van der Waals surface area (Å²) in [6.07, 6.45) is 1.48. The lowest BCUT2D eigenvalue weighted by molar-refractivity contribution is -0.144. The third-order valence-electron chi connectivity index (χ3n) is 6.73. The molecule has 34 heavy (non-hydrogen) atoms. The van der Waals surface area contributed by atoms with Crippen LogP contribution in [-0.4, -0.2) is 46.6 Å². The molecular weight excluding hydrogens is 447 g/mol. The first kappa shape index (κ1) is 26.0. The predicted molar refractivity (Wildman–Crippen MR) is 123 cm³/mol. The molecule has 1 aromatic rings. The van der Waals surface area contributed by atoms with Gasteiger partial charge in [-0.2, -0.15) is 13.2 Å². The van der Waals surface area contributed by atoms with Gasteiger partial charge in [-0.25, -0.2) is 4.79 Å². The Morgan fingerprint density at radius 3 is 2.50 bits per heavy atom. The van der Waals surface area contributed by atoms with Crippen molar-refractivity contribution in [3.63, 3.8) is 0 Å². The van der Waals surface area contributed by atoms with Gasteiger partial charge < -0.3 is 15.0 Å². The molecule has 0 radical (unpaired) electrons. The molecule has 1 aliphatic heterocycles. The van der Waals surface area contributed by atoms with Gasteiger partial charge in [-0.15, -0.1) is 0 Å². The first-order valence-corrected chi connectivity index (χ1v) is 11.7. The Morgan fingerprint density at radius 1 is 1.24 bits per heavy atom. The number of carbonyl (C=O) groups is 2.